The zero-order valence-electron chi connectivity index (χ0n) is 7.89. The maximum atomic E-state index is 11.1. The first-order chi connectivity index (χ1) is 5.53. The molecular weight excluding hydrogens is 152 g/mol. The molecule has 0 aromatic rings. The summed E-state index contributed by atoms with van der Waals surface area (Å²) >= 11 is 0. The molecule has 0 aliphatic heterocycles. The molecule has 1 rings (SSSR count). The minimum atomic E-state index is -0.381. The van der Waals surface area contributed by atoms with E-state index in [2.05, 4.69) is 12.2 Å². The second kappa shape index (κ2) is 3.44. The fourth-order valence-electron chi connectivity index (χ4n) is 1.42. The molecule has 0 bridgehead atoms. The molecule has 3 nitrogen and oxygen atoms in total. The lowest BCUT2D eigenvalue weighted by molar-refractivity contribution is -0.122. The van der Waals surface area contributed by atoms with Gasteiger partial charge in [-0.15, -0.1) is 0 Å². The molecule has 0 unspecified atom stereocenters. The first-order valence-corrected chi connectivity index (χ1v) is 4.57. The molecule has 0 saturated heterocycles. The van der Waals surface area contributed by atoms with Crippen LogP contribution >= 0.6 is 0 Å². The first-order valence-electron chi connectivity index (χ1n) is 4.57. The van der Waals surface area contributed by atoms with Crippen molar-refractivity contribution in [1.29, 1.82) is 0 Å². The minimum Gasteiger partial charge on any atom is -0.354 e. The van der Waals surface area contributed by atoms with Crippen LogP contribution in [0, 0.1) is 5.41 Å². The predicted octanol–water partition coefficient (Wildman–Crippen LogP) is 0.640. The molecule has 1 amide bonds. The third kappa shape index (κ3) is 2.21. The highest BCUT2D eigenvalue weighted by molar-refractivity contribution is 5.80. The van der Waals surface area contributed by atoms with Crippen LogP contribution in [-0.4, -0.2) is 18.5 Å². The first kappa shape index (κ1) is 9.52. The predicted molar refractivity (Wildman–Crippen MR) is 48.6 cm³/mol. The third-order valence-corrected chi connectivity index (χ3v) is 2.66. The lowest BCUT2D eigenvalue weighted by atomic mass is 9.70. The van der Waals surface area contributed by atoms with E-state index in [4.69, 9.17) is 5.73 Å². The molecule has 70 valence electrons. The van der Waals surface area contributed by atoms with E-state index in [1.165, 1.54) is 19.3 Å². The molecule has 0 heterocycles. The molecule has 3 heteroatoms. The van der Waals surface area contributed by atoms with Crippen LogP contribution in [0.2, 0.25) is 0 Å². The second-order valence-corrected chi connectivity index (χ2v) is 4.17. The molecular formula is C9H18N2O. The lowest BCUT2D eigenvalue weighted by Gasteiger charge is -2.38. The molecule has 0 spiro atoms. The van der Waals surface area contributed by atoms with Gasteiger partial charge in [0.25, 0.3) is 0 Å². The summed E-state index contributed by atoms with van der Waals surface area (Å²) in [6, 6.07) is -0.381. The molecule has 3 N–H and O–H groups in total. The van der Waals surface area contributed by atoms with Crippen molar-refractivity contribution in [2.24, 2.45) is 11.1 Å². The van der Waals surface area contributed by atoms with Crippen LogP contribution in [0.1, 0.15) is 33.1 Å². The molecule has 0 aromatic heterocycles. The maximum Gasteiger partial charge on any atom is 0.236 e. The zero-order valence-corrected chi connectivity index (χ0v) is 7.89. The van der Waals surface area contributed by atoms with E-state index < -0.39 is 0 Å². The van der Waals surface area contributed by atoms with Gasteiger partial charge < -0.3 is 11.1 Å². The molecule has 1 saturated carbocycles. The van der Waals surface area contributed by atoms with Gasteiger partial charge in [-0.3, -0.25) is 4.79 Å². The van der Waals surface area contributed by atoms with E-state index in [1.807, 2.05) is 0 Å². The van der Waals surface area contributed by atoms with Gasteiger partial charge in [0.2, 0.25) is 5.91 Å². The average Bonchev–Trinajstić information content (AvgIpc) is 1.96. The molecule has 1 fully saturated rings. The fraction of sp³-hybridized carbons (Fsp3) is 0.889. The number of carbonyl (C=O) groups is 1. The highest BCUT2D eigenvalue weighted by Gasteiger charge is 2.31. The van der Waals surface area contributed by atoms with Crippen LogP contribution in [0.15, 0.2) is 0 Å². The fourth-order valence-corrected chi connectivity index (χ4v) is 1.42. The van der Waals surface area contributed by atoms with E-state index in [-0.39, 0.29) is 11.9 Å². The average molecular weight is 170 g/mol. The minimum absolute atomic E-state index is 0.0388. The van der Waals surface area contributed by atoms with Crippen LogP contribution in [0.3, 0.4) is 0 Å². The Balaban J connectivity index is 2.21. The van der Waals surface area contributed by atoms with Gasteiger partial charge in [0.05, 0.1) is 6.04 Å². The summed E-state index contributed by atoms with van der Waals surface area (Å²) in [4.78, 5) is 11.1. The Morgan fingerprint density at radius 1 is 1.67 bits per heavy atom. The van der Waals surface area contributed by atoms with Crippen molar-refractivity contribution < 1.29 is 4.79 Å². The normalized spacial score (nSPS) is 22.6. The Labute approximate surface area is 73.7 Å². The van der Waals surface area contributed by atoms with Crippen molar-refractivity contribution in [3.05, 3.63) is 0 Å². The SMILES string of the molecule is C[C@H](N)C(=O)NCC1(C)CCC1. The van der Waals surface area contributed by atoms with Gasteiger partial charge in [-0.25, -0.2) is 0 Å². The summed E-state index contributed by atoms with van der Waals surface area (Å²) < 4.78 is 0. The summed E-state index contributed by atoms with van der Waals surface area (Å²) in [5.41, 5.74) is 5.76. The molecule has 1 aliphatic rings. The van der Waals surface area contributed by atoms with E-state index >= 15 is 0 Å². The van der Waals surface area contributed by atoms with Crippen molar-refractivity contribution in [1.82, 2.24) is 5.32 Å². The Hall–Kier alpha value is -0.570. The Bertz CT molecular complexity index is 173. The van der Waals surface area contributed by atoms with Crippen molar-refractivity contribution >= 4 is 5.91 Å². The number of amides is 1. The van der Waals surface area contributed by atoms with Crippen LogP contribution in [0.5, 0.6) is 0 Å². The number of nitrogens with one attached hydrogen (secondary N) is 1. The van der Waals surface area contributed by atoms with Crippen LogP contribution in [-0.2, 0) is 4.79 Å². The third-order valence-electron chi connectivity index (χ3n) is 2.66. The molecule has 12 heavy (non-hydrogen) atoms. The molecule has 1 atom stereocenters. The van der Waals surface area contributed by atoms with Crippen LogP contribution in [0.25, 0.3) is 0 Å². The summed E-state index contributed by atoms with van der Waals surface area (Å²) in [5.74, 6) is -0.0388. The van der Waals surface area contributed by atoms with Gasteiger partial charge in [-0.1, -0.05) is 13.3 Å². The summed E-state index contributed by atoms with van der Waals surface area (Å²) in [5, 5.41) is 2.86. The Morgan fingerprint density at radius 2 is 2.25 bits per heavy atom. The van der Waals surface area contributed by atoms with E-state index in [0.29, 0.717) is 5.41 Å². The maximum absolute atomic E-state index is 11.1. The molecule has 0 radical (unpaired) electrons. The number of hydrogen-bond acceptors (Lipinski definition) is 2. The Kier molecular flexibility index (Phi) is 2.73. The highest BCUT2D eigenvalue weighted by atomic mass is 16.2. The second-order valence-electron chi connectivity index (χ2n) is 4.17. The van der Waals surface area contributed by atoms with Crippen LogP contribution < -0.4 is 11.1 Å². The van der Waals surface area contributed by atoms with Gasteiger partial charge in [0.1, 0.15) is 0 Å². The van der Waals surface area contributed by atoms with Crippen molar-refractivity contribution in [3.8, 4) is 0 Å². The van der Waals surface area contributed by atoms with E-state index in [0.717, 1.165) is 6.54 Å². The van der Waals surface area contributed by atoms with Gasteiger partial charge in [0.15, 0.2) is 0 Å². The number of carbonyl (C=O) groups excluding carboxylic acids is 1. The number of rotatable bonds is 3. The lowest BCUT2D eigenvalue weighted by Crippen LogP contribution is -2.45. The van der Waals surface area contributed by atoms with Gasteiger partial charge in [-0.05, 0) is 25.2 Å². The van der Waals surface area contributed by atoms with E-state index in [9.17, 15) is 4.79 Å². The number of nitrogens with two attached hydrogens (primary N) is 1. The van der Waals surface area contributed by atoms with E-state index in [1.54, 1.807) is 6.92 Å². The van der Waals surface area contributed by atoms with Gasteiger partial charge >= 0.3 is 0 Å². The highest BCUT2D eigenvalue weighted by Crippen LogP contribution is 2.39. The summed E-state index contributed by atoms with van der Waals surface area (Å²) in [7, 11) is 0. The van der Waals surface area contributed by atoms with Crippen molar-refractivity contribution in [2.45, 2.75) is 39.2 Å². The van der Waals surface area contributed by atoms with Gasteiger partial charge in [0, 0.05) is 6.54 Å². The van der Waals surface area contributed by atoms with Crippen LogP contribution in [0.4, 0.5) is 0 Å². The smallest absolute Gasteiger partial charge is 0.236 e. The van der Waals surface area contributed by atoms with Gasteiger partial charge in [-0.2, -0.15) is 0 Å². The topological polar surface area (TPSA) is 55.1 Å². The van der Waals surface area contributed by atoms with Crippen molar-refractivity contribution in [2.75, 3.05) is 6.54 Å². The summed E-state index contributed by atoms with van der Waals surface area (Å²) in [6.45, 7) is 4.70. The largest absolute Gasteiger partial charge is 0.354 e. The molecule has 0 aromatic carbocycles. The van der Waals surface area contributed by atoms with Crippen molar-refractivity contribution in [3.63, 3.8) is 0 Å². The Morgan fingerprint density at radius 3 is 2.58 bits per heavy atom. The quantitative estimate of drug-likeness (QED) is 0.653. The monoisotopic (exact) mass is 170 g/mol. The molecule has 1 aliphatic carbocycles. The standard InChI is InChI=1S/C9H18N2O/c1-7(10)8(12)11-6-9(2)4-3-5-9/h7H,3-6,10H2,1-2H3,(H,11,12)/t7-/m0/s1. The number of hydrogen-bond donors (Lipinski definition) is 2. The summed E-state index contributed by atoms with van der Waals surface area (Å²) in [6.07, 6.45) is 3.75. The zero-order chi connectivity index (χ0) is 9.19.